The van der Waals surface area contributed by atoms with E-state index in [-0.39, 0.29) is 23.5 Å². The highest BCUT2D eigenvalue weighted by Gasteiger charge is 2.36. The molecule has 32 heavy (non-hydrogen) atoms. The van der Waals surface area contributed by atoms with E-state index in [9.17, 15) is 18.6 Å². The quantitative estimate of drug-likeness (QED) is 0.569. The van der Waals surface area contributed by atoms with Gasteiger partial charge < -0.3 is 15.1 Å². The number of anilines is 1. The monoisotopic (exact) mass is 460 g/mol. The van der Waals surface area contributed by atoms with Gasteiger partial charge in [-0.05, 0) is 18.1 Å². The molecule has 2 aromatic heterocycles. The average molecular weight is 461 g/mol. The Morgan fingerprint density at radius 1 is 1.19 bits per heavy atom. The molecule has 4 rings (SSSR count). The standard InChI is InChI=1S/C21H28N6O4S/c1-21(2,3)20-22-18(26-10-9-15(29)14(26)12-28)17-19(23-20)27(25-24-17)11-13-7-5-6-8-16(13)32(4,30)31/h5-8,14-15,28-29H,9-12H2,1-4H3. The number of fused-ring (bicyclic) bond motifs is 1. The Labute approximate surface area is 186 Å². The molecule has 10 nitrogen and oxygen atoms in total. The molecule has 2 atom stereocenters. The number of aromatic nitrogens is 5. The summed E-state index contributed by atoms with van der Waals surface area (Å²) in [7, 11) is -3.42. The molecule has 1 aliphatic heterocycles. The highest BCUT2D eigenvalue weighted by atomic mass is 32.2. The van der Waals surface area contributed by atoms with Gasteiger partial charge in [0.2, 0.25) is 0 Å². The summed E-state index contributed by atoms with van der Waals surface area (Å²) >= 11 is 0. The molecule has 0 spiro atoms. The van der Waals surface area contributed by atoms with Crippen molar-refractivity contribution in [3.63, 3.8) is 0 Å². The van der Waals surface area contributed by atoms with Crippen LogP contribution in [0.25, 0.3) is 11.2 Å². The topological polar surface area (TPSA) is 134 Å². The maximum Gasteiger partial charge on any atom is 0.184 e. The van der Waals surface area contributed by atoms with E-state index in [2.05, 4.69) is 10.3 Å². The van der Waals surface area contributed by atoms with Gasteiger partial charge in [0, 0.05) is 18.2 Å². The van der Waals surface area contributed by atoms with Crippen molar-refractivity contribution in [2.24, 2.45) is 0 Å². The van der Waals surface area contributed by atoms with Crippen LogP contribution in [0, 0.1) is 0 Å². The summed E-state index contributed by atoms with van der Waals surface area (Å²) in [5.41, 5.74) is 1.13. The first kappa shape index (κ1) is 22.6. The highest BCUT2D eigenvalue weighted by molar-refractivity contribution is 7.90. The smallest absolute Gasteiger partial charge is 0.184 e. The minimum Gasteiger partial charge on any atom is -0.394 e. The van der Waals surface area contributed by atoms with Gasteiger partial charge >= 0.3 is 0 Å². The fourth-order valence-corrected chi connectivity index (χ4v) is 4.90. The minimum atomic E-state index is -3.42. The second-order valence-corrected chi connectivity index (χ2v) is 11.2. The van der Waals surface area contributed by atoms with Crippen LogP contribution in [0.2, 0.25) is 0 Å². The van der Waals surface area contributed by atoms with Crippen LogP contribution in [0.4, 0.5) is 5.82 Å². The van der Waals surface area contributed by atoms with Crippen molar-refractivity contribution in [1.82, 2.24) is 25.0 Å². The maximum atomic E-state index is 12.2. The van der Waals surface area contributed by atoms with Crippen molar-refractivity contribution in [3.8, 4) is 0 Å². The summed E-state index contributed by atoms with van der Waals surface area (Å²) < 4.78 is 26.0. The number of rotatable bonds is 5. The molecular weight excluding hydrogens is 432 g/mol. The van der Waals surface area contributed by atoms with E-state index in [4.69, 9.17) is 9.97 Å². The van der Waals surface area contributed by atoms with Crippen LogP contribution in [0.15, 0.2) is 29.2 Å². The number of hydrogen-bond donors (Lipinski definition) is 2. The largest absolute Gasteiger partial charge is 0.394 e. The molecule has 0 bridgehead atoms. The molecule has 1 fully saturated rings. The second-order valence-electron chi connectivity index (χ2n) is 9.22. The molecule has 0 radical (unpaired) electrons. The van der Waals surface area contributed by atoms with Gasteiger partial charge in [0.05, 0.1) is 30.2 Å². The Hall–Kier alpha value is -2.63. The van der Waals surface area contributed by atoms with Crippen molar-refractivity contribution < 1.29 is 18.6 Å². The molecule has 172 valence electrons. The van der Waals surface area contributed by atoms with Crippen molar-refractivity contribution in [3.05, 3.63) is 35.7 Å². The highest BCUT2D eigenvalue weighted by Crippen LogP contribution is 2.32. The summed E-state index contributed by atoms with van der Waals surface area (Å²) in [6.07, 6.45) is 1.02. The second kappa shape index (κ2) is 8.05. The molecule has 0 saturated carbocycles. The zero-order chi connectivity index (χ0) is 23.3. The van der Waals surface area contributed by atoms with E-state index in [0.29, 0.717) is 41.3 Å². The Morgan fingerprint density at radius 2 is 1.91 bits per heavy atom. The van der Waals surface area contributed by atoms with Crippen LogP contribution in [-0.2, 0) is 21.8 Å². The van der Waals surface area contributed by atoms with E-state index < -0.39 is 22.0 Å². The summed E-state index contributed by atoms with van der Waals surface area (Å²) in [5, 5.41) is 28.7. The van der Waals surface area contributed by atoms with Gasteiger partial charge in [0.25, 0.3) is 0 Å². The zero-order valence-corrected chi connectivity index (χ0v) is 19.4. The first-order valence-electron chi connectivity index (χ1n) is 10.5. The number of aliphatic hydroxyl groups is 2. The van der Waals surface area contributed by atoms with Crippen molar-refractivity contribution >= 4 is 26.8 Å². The number of hydrogen-bond acceptors (Lipinski definition) is 9. The fraction of sp³-hybridized carbons (Fsp3) is 0.524. The Balaban J connectivity index is 1.87. The van der Waals surface area contributed by atoms with E-state index in [0.717, 1.165) is 0 Å². The van der Waals surface area contributed by atoms with Crippen molar-refractivity contribution in [2.75, 3.05) is 24.3 Å². The van der Waals surface area contributed by atoms with Crippen LogP contribution in [0.3, 0.4) is 0 Å². The molecule has 3 heterocycles. The molecule has 1 aliphatic rings. The van der Waals surface area contributed by atoms with Gasteiger partial charge in [-0.1, -0.05) is 44.2 Å². The van der Waals surface area contributed by atoms with Gasteiger partial charge in [-0.15, -0.1) is 5.10 Å². The molecule has 1 saturated heterocycles. The summed E-state index contributed by atoms with van der Waals surface area (Å²) in [5.74, 6) is 1.08. The van der Waals surface area contributed by atoms with Gasteiger partial charge in [0.1, 0.15) is 5.82 Å². The zero-order valence-electron chi connectivity index (χ0n) is 18.6. The summed E-state index contributed by atoms with van der Waals surface area (Å²) in [4.78, 5) is 11.6. The minimum absolute atomic E-state index is 0.172. The van der Waals surface area contributed by atoms with E-state index in [1.165, 1.54) is 6.26 Å². The number of sulfone groups is 1. The van der Waals surface area contributed by atoms with Gasteiger partial charge in [-0.25, -0.2) is 23.1 Å². The SMILES string of the molecule is CC(C)(C)c1nc(N2CCC(O)C2CO)c2nnn(Cc3ccccc3S(C)(=O)=O)c2n1. The lowest BCUT2D eigenvalue weighted by atomic mass is 9.95. The van der Waals surface area contributed by atoms with Crippen LogP contribution >= 0.6 is 0 Å². The summed E-state index contributed by atoms with van der Waals surface area (Å²) in [6.45, 7) is 6.46. The Morgan fingerprint density at radius 3 is 2.56 bits per heavy atom. The van der Waals surface area contributed by atoms with Crippen LogP contribution in [0.5, 0.6) is 0 Å². The molecular formula is C21H28N6O4S. The van der Waals surface area contributed by atoms with Gasteiger partial charge in [-0.2, -0.15) is 0 Å². The van der Waals surface area contributed by atoms with Crippen LogP contribution < -0.4 is 4.90 Å². The predicted molar refractivity (Wildman–Crippen MR) is 119 cm³/mol. The summed E-state index contributed by atoms with van der Waals surface area (Å²) in [6, 6.07) is 6.29. The Kier molecular flexibility index (Phi) is 5.68. The number of aliphatic hydroxyl groups excluding tert-OH is 2. The van der Waals surface area contributed by atoms with Gasteiger partial charge in [0.15, 0.2) is 26.8 Å². The maximum absolute atomic E-state index is 12.2. The predicted octanol–water partition coefficient (Wildman–Crippen LogP) is 0.902. The van der Waals surface area contributed by atoms with E-state index >= 15 is 0 Å². The van der Waals surface area contributed by atoms with E-state index in [1.807, 2.05) is 25.7 Å². The third-order valence-corrected chi connectivity index (χ3v) is 6.87. The molecule has 3 aromatic rings. The molecule has 2 N–H and O–H groups in total. The molecule has 0 aliphatic carbocycles. The van der Waals surface area contributed by atoms with Crippen LogP contribution in [0.1, 0.15) is 38.6 Å². The third kappa shape index (κ3) is 4.07. The first-order chi connectivity index (χ1) is 15.0. The lowest BCUT2D eigenvalue weighted by Crippen LogP contribution is -2.39. The van der Waals surface area contributed by atoms with E-state index in [1.54, 1.807) is 28.9 Å². The molecule has 1 aromatic carbocycles. The van der Waals surface area contributed by atoms with Crippen molar-refractivity contribution in [2.45, 2.75) is 56.2 Å². The lowest BCUT2D eigenvalue weighted by Gasteiger charge is -2.27. The first-order valence-corrected chi connectivity index (χ1v) is 12.3. The number of benzene rings is 1. The third-order valence-electron chi connectivity index (χ3n) is 5.68. The number of nitrogens with zero attached hydrogens (tertiary/aromatic N) is 6. The molecule has 2 unspecified atom stereocenters. The fourth-order valence-electron chi connectivity index (χ4n) is 3.96. The average Bonchev–Trinajstić information content (AvgIpc) is 3.29. The molecule has 0 amide bonds. The van der Waals surface area contributed by atoms with Crippen LogP contribution in [-0.4, -0.2) is 75.1 Å². The van der Waals surface area contributed by atoms with Gasteiger partial charge in [-0.3, -0.25) is 0 Å². The Bertz CT molecular complexity index is 1250. The molecule has 11 heteroatoms. The normalized spacial score (nSPS) is 19.8. The lowest BCUT2D eigenvalue weighted by molar-refractivity contribution is 0.128. The van der Waals surface area contributed by atoms with Crippen molar-refractivity contribution in [1.29, 1.82) is 0 Å².